The number of aryl methyl sites for hydroxylation is 1. The first-order valence-electron chi connectivity index (χ1n) is 4.00. The molecule has 0 saturated heterocycles. The molecule has 13 heavy (non-hydrogen) atoms. The van der Waals surface area contributed by atoms with Crippen molar-refractivity contribution in [3.8, 4) is 0 Å². The predicted octanol–water partition coefficient (Wildman–Crippen LogP) is 3.41. The lowest BCUT2D eigenvalue weighted by molar-refractivity contribution is 0.0988. The summed E-state index contributed by atoms with van der Waals surface area (Å²) in [6, 6.07) is 5.87. The molecule has 0 bridgehead atoms. The number of benzene rings is 1. The van der Waals surface area contributed by atoms with E-state index in [1.165, 1.54) is 0 Å². The lowest BCUT2D eigenvalue weighted by Crippen LogP contribution is -2.02. The van der Waals surface area contributed by atoms with Gasteiger partial charge < -0.3 is 0 Å². The molecule has 70 valence electrons. The number of rotatable bonds is 3. The molecular formula is C10H10ClIO. The van der Waals surface area contributed by atoms with Gasteiger partial charge in [0.05, 0.1) is 0 Å². The monoisotopic (exact) mass is 308 g/mol. The molecule has 0 amide bonds. The summed E-state index contributed by atoms with van der Waals surface area (Å²) in [7, 11) is 0. The minimum absolute atomic E-state index is 0.128. The highest BCUT2D eigenvalue weighted by atomic mass is 127. The van der Waals surface area contributed by atoms with E-state index >= 15 is 0 Å². The summed E-state index contributed by atoms with van der Waals surface area (Å²) in [5.74, 6) is 0.520. The van der Waals surface area contributed by atoms with Crippen molar-refractivity contribution >= 4 is 40.0 Å². The average Bonchev–Trinajstić information content (AvgIpc) is 2.09. The van der Waals surface area contributed by atoms with Gasteiger partial charge in [-0.25, -0.2) is 0 Å². The molecule has 0 heterocycles. The van der Waals surface area contributed by atoms with Gasteiger partial charge in [-0.2, -0.15) is 0 Å². The van der Waals surface area contributed by atoms with E-state index in [2.05, 4.69) is 22.6 Å². The van der Waals surface area contributed by atoms with E-state index in [1.807, 2.05) is 25.1 Å². The fraction of sp³-hybridized carbons (Fsp3) is 0.300. The maximum absolute atomic E-state index is 11.5. The zero-order valence-electron chi connectivity index (χ0n) is 7.31. The smallest absolute Gasteiger partial charge is 0.165 e. The number of halogens is 2. The summed E-state index contributed by atoms with van der Waals surface area (Å²) in [6.07, 6.45) is 0.418. The van der Waals surface area contributed by atoms with Crippen LogP contribution in [0.4, 0.5) is 0 Å². The summed E-state index contributed by atoms with van der Waals surface area (Å²) < 4.78 is 0.998. The van der Waals surface area contributed by atoms with Crippen molar-refractivity contribution in [1.29, 1.82) is 0 Å². The van der Waals surface area contributed by atoms with E-state index in [9.17, 15) is 4.79 Å². The summed E-state index contributed by atoms with van der Waals surface area (Å²) in [5, 5.41) is 0. The molecule has 1 aromatic rings. The second kappa shape index (κ2) is 4.96. The molecule has 0 saturated carbocycles. The standard InChI is InChI=1S/C10H10ClIO/c1-7-2-3-9(12)8(6-7)10(13)4-5-11/h2-3,6H,4-5H2,1H3. The Bertz CT molecular complexity index is 323. The van der Waals surface area contributed by atoms with Crippen LogP contribution in [0.5, 0.6) is 0 Å². The van der Waals surface area contributed by atoms with Crippen LogP contribution >= 0.6 is 34.2 Å². The van der Waals surface area contributed by atoms with E-state index in [0.29, 0.717) is 12.3 Å². The average molecular weight is 309 g/mol. The Balaban J connectivity index is 2.99. The van der Waals surface area contributed by atoms with Crippen molar-refractivity contribution in [3.63, 3.8) is 0 Å². The van der Waals surface area contributed by atoms with Crippen molar-refractivity contribution in [3.05, 3.63) is 32.9 Å². The topological polar surface area (TPSA) is 17.1 Å². The van der Waals surface area contributed by atoms with Gasteiger partial charge in [0.25, 0.3) is 0 Å². The van der Waals surface area contributed by atoms with E-state index in [4.69, 9.17) is 11.6 Å². The Labute approximate surface area is 96.6 Å². The molecule has 0 radical (unpaired) electrons. The minimum Gasteiger partial charge on any atom is -0.294 e. The first-order valence-corrected chi connectivity index (χ1v) is 5.62. The zero-order valence-corrected chi connectivity index (χ0v) is 10.2. The van der Waals surface area contributed by atoms with E-state index in [-0.39, 0.29) is 5.78 Å². The van der Waals surface area contributed by atoms with Crippen molar-refractivity contribution in [1.82, 2.24) is 0 Å². The summed E-state index contributed by atoms with van der Waals surface area (Å²) in [5.41, 5.74) is 1.90. The number of carbonyl (C=O) groups excluding carboxylic acids is 1. The van der Waals surface area contributed by atoms with Gasteiger partial charge in [-0.15, -0.1) is 11.6 Å². The predicted molar refractivity (Wildman–Crippen MR) is 63.6 cm³/mol. The Morgan fingerprint density at radius 2 is 2.23 bits per heavy atom. The Kier molecular flexibility index (Phi) is 4.19. The summed E-state index contributed by atoms with van der Waals surface area (Å²) >= 11 is 7.68. The van der Waals surface area contributed by atoms with E-state index < -0.39 is 0 Å². The summed E-state index contributed by atoms with van der Waals surface area (Å²) in [6.45, 7) is 1.98. The molecule has 0 aliphatic carbocycles. The number of carbonyl (C=O) groups is 1. The van der Waals surface area contributed by atoms with Crippen LogP contribution < -0.4 is 0 Å². The van der Waals surface area contributed by atoms with Crippen LogP contribution in [0.15, 0.2) is 18.2 Å². The molecule has 0 atom stereocenters. The second-order valence-corrected chi connectivity index (χ2v) is 4.39. The Morgan fingerprint density at radius 3 is 2.85 bits per heavy atom. The molecular weight excluding hydrogens is 298 g/mol. The highest BCUT2D eigenvalue weighted by molar-refractivity contribution is 14.1. The van der Waals surface area contributed by atoms with Gasteiger partial charge in [0, 0.05) is 21.4 Å². The third kappa shape index (κ3) is 2.95. The number of hydrogen-bond donors (Lipinski definition) is 0. The Hall–Kier alpha value is -0.0900. The third-order valence-corrected chi connectivity index (χ3v) is 2.87. The van der Waals surface area contributed by atoms with Crippen molar-refractivity contribution in [2.75, 3.05) is 5.88 Å². The summed E-state index contributed by atoms with van der Waals surface area (Å²) in [4.78, 5) is 11.5. The zero-order chi connectivity index (χ0) is 9.84. The van der Waals surface area contributed by atoms with Gasteiger partial charge in [0.15, 0.2) is 5.78 Å². The Morgan fingerprint density at radius 1 is 1.54 bits per heavy atom. The quantitative estimate of drug-likeness (QED) is 0.475. The van der Waals surface area contributed by atoms with Crippen molar-refractivity contribution in [2.24, 2.45) is 0 Å². The molecule has 1 nitrogen and oxygen atoms in total. The molecule has 0 N–H and O–H groups in total. The first-order chi connectivity index (χ1) is 6.15. The molecule has 0 unspecified atom stereocenters. The van der Waals surface area contributed by atoms with Crippen molar-refractivity contribution in [2.45, 2.75) is 13.3 Å². The SMILES string of the molecule is Cc1ccc(I)c(C(=O)CCCl)c1. The third-order valence-electron chi connectivity index (χ3n) is 1.74. The molecule has 0 aromatic heterocycles. The molecule has 0 aliphatic rings. The van der Waals surface area contributed by atoms with Gasteiger partial charge in [-0.3, -0.25) is 4.79 Å². The van der Waals surface area contributed by atoms with Crippen molar-refractivity contribution < 1.29 is 4.79 Å². The highest BCUT2D eigenvalue weighted by Crippen LogP contribution is 2.16. The largest absolute Gasteiger partial charge is 0.294 e. The first kappa shape index (κ1) is 11.0. The van der Waals surface area contributed by atoms with Gasteiger partial charge in [0.2, 0.25) is 0 Å². The maximum atomic E-state index is 11.5. The van der Waals surface area contributed by atoms with Crippen LogP contribution in [0.3, 0.4) is 0 Å². The minimum atomic E-state index is 0.128. The lowest BCUT2D eigenvalue weighted by Gasteiger charge is -2.03. The fourth-order valence-electron chi connectivity index (χ4n) is 1.07. The van der Waals surface area contributed by atoms with E-state index in [0.717, 1.165) is 14.7 Å². The van der Waals surface area contributed by atoms with Crippen LogP contribution in [-0.2, 0) is 0 Å². The number of Topliss-reactive ketones (excluding diaryl/α,β-unsaturated/α-hetero) is 1. The fourth-order valence-corrected chi connectivity index (χ4v) is 1.88. The molecule has 1 aromatic carbocycles. The molecule has 0 spiro atoms. The van der Waals surface area contributed by atoms with Crippen LogP contribution in [-0.4, -0.2) is 11.7 Å². The van der Waals surface area contributed by atoms with E-state index in [1.54, 1.807) is 0 Å². The van der Waals surface area contributed by atoms with Crippen LogP contribution in [0.1, 0.15) is 22.3 Å². The number of hydrogen-bond acceptors (Lipinski definition) is 1. The van der Waals surface area contributed by atoms with Crippen LogP contribution in [0.25, 0.3) is 0 Å². The molecule has 3 heteroatoms. The van der Waals surface area contributed by atoms with Crippen LogP contribution in [0.2, 0.25) is 0 Å². The van der Waals surface area contributed by atoms with Gasteiger partial charge in [0.1, 0.15) is 0 Å². The molecule has 0 fully saturated rings. The van der Waals surface area contributed by atoms with Gasteiger partial charge in [-0.1, -0.05) is 11.6 Å². The molecule has 0 aliphatic heterocycles. The number of alkyl halides is 1. The molecule has 1 rings (SSSR count). The normalized spacial score (nSPS) is 10.1. The highest BCUT2D eigenvalue weighted by Gasteiger charge is 2.08. The second-order valence-electron chi connectivity index (χ2n) is 2.85. The lowest BCUT2D eigenvalue weighted by atomic mass is 10.1. The number of ketones is 1. The van der Waals surface area contributed by atoms with Crippen LogP contribution in [0, 0.1) is 10.5 Å². The maximum Gasteiger partial charge on any atom is 0.165 e. The van der Waals surface area contributed by atoms with Gasteiger partial charge in [-0.05, 0) is 41.6 Å². The van der Waals surface area contributed by atoms with Gasteiger partial charge >= 0.3 is 0 Å².